The van der Waals surface area contributed by atoms with Crippen LogP contribution in [-0.2, 0) is 10.9 Å². The molecule has 0 spiro atoms. The van der Waals surface area contributed by atoms with E-state index < -0.39 is 16.9 Å². The molecule has 0 radical (unpaired) electrons. The molecule has 0 fully saturated rings. The second kappa shape index (κ2) is 5.10. The van der Waals surface area contributed by atoms with E-state index in [-0.39, 0.29) is 16.5 Å². The second-order valence-corrected chi connectivity index (χ2v) is 4.76. The van der Waals surface area contributed by atoms with Crippen molar-refractivity contribution in [3.05, 3.63) is 35.6 Å². The number of pyridine rings is 1. The molecule has 0 aromatic carbocycles. The van der Waals surface area contributed by atoms with Crippen LogP contribution in [0.1, 0.15) is 10.5 Å². The van der Waals surface area contributed by atoms with Gasteiger partial charge in [-0.1, -0.05) is 6.07 Å². The number of rotatable bonds is 4. The molecule has 0 aliphatic heterocycles. The monoisotopic (exact) mass is 285 g/mol. The molecule has 0 aliphatic carbocycles. The van der Waals surface area contributed by atoms with E-state index in [0.717, 1.165) is 15.6 Å². The highest BCUT2D eigenvalue weighted by molar-refractivity contribution is 7.74. The van der Waals surface area contributed by atoms with Crippen LogP contribution in [0.3, 0.4) is 0 Å². The molecule has 2 aromatic heterocycles. The van der Waals surface area contributed by atoms with Crippen LogP contribution in [0.5, 0.6) is 0 Å². The highest BCUT2D eigenvalue weighted by Gasteiger charge is 2.23. The summed E-state index contributed by atoms with van der Waals surface area (Å²) in [6.45, 7) is 0. The fraction of sp³-hybridized carbons (Fsp3) is 0. The third-order valence-corrected chi connectivity index (χ3v) is 3.65. The van der Waals surface area contributed by atoms with Gasteiger partial charge in [-0.2, -0.15) is 0 Å². The van der Waals surface area contributed by atoms with Gasteiger partial charge in [0.15, 0.2) is 5.69 Å². The van der Waals surface area contributed by atoms with Crippen molar-refractivity contribution in [1.29, 1.82) is 0 Å². The lowest BCUT2D eigenvalue weighted by Gasteiger charge is -2.14. The van der Waals surface area contributed by atoms with Gasteiger partial charge in [0.1, 0.15) is 10.8 Å². The average Bonchev–Trinajstić information content (AvgIpc) is 2.79. The van der Waals surface area contributed by atoms with E-state index in [2.05, 4.69) is 9.97 Å². The molecule has 7 nitrogen and oxygen atoms in total. The Bertz CT molecular complexity index is 630. The maximum absolute atomic E-state index is 11.3. The van der Waals surface area contributed by atoms with E-state index in [1.165, 1.54) is 17.8 Å². The molecule has 2 aromatic rings. The fourth-order valence-corrected chi connectivity index (χ4v) is 2.85. The van der Waals surface area contributed by atoms with Gasteiger partial charge in [0, 0.05) is 6.20 Å². The smallest absolute Gasteiger partial charge is 0.357 e. The first kappa shape index (κ1) is 12.5. The maximum atomic E-state index is 11.3. The number of carbonyl (C=O) groups is 1. The molecule has 1 N–H and O–H groups in total. The normalized spacial score (nSPS) is 10.5. The fourth-order valence-electron chi connectivity index (χ4n) is 1.28. The molecule has 2 rings (SSSR count). The summed E-state index contributed by atoms with van der Waals surface area (Å²) in [4.78, 5) is 18.5. The van der Waals surface area contributed by atoms with Gasteiger partial charge in [-0.05, 0) is 12.1 Å². The van der Waals surface area contributed by atoms with E-state index in [1.54, 1.807) is 12.1 Å². The van der Waals surface area contributed by atoms with Gasteiger partial charge in [0.25, 0.3) is 0 Å². The number of aromatic carboxylic acids is 1. The number of hydrogen-bond acceptors (Lipinski definition) is 6. The first-order valence-corrected chi connectivity index (χ1v) is 6.64. The number of thiazole rings is 1. The van der Waals surface area contributed by atoms with Crippen molar-refractivity contribution in [2.24, 2.45) is 0 Å². The van der Waals surface area contributed by atoms with Gasteiger partial charge >= 0.3 is 5.97 Å². The SMILES string of the molecule is O=C(O)c1ncsc1N(c1ccccn1)[SH](=O)=O. The molecule has 0 saturated carbocycles. The lowest BCUT2D eigenvalue weighted by atomic mass is 10.4. The Morgan fingerprint density at radius 2 is 2.11 bits per heavy atom. The Balaban J connectivity index is 2.56. The number of hydrogen-bond donors (Lipinski definition) is 2. The molecular formula is C9H7N3O4S2. The molecule has 0 aliphatic rings. The van der Waals surface area contributed by atoms with E-state index >= 15 is 0 Å². The predicted molar refractivity (Wildman–Crippen MR) is 65.8 cm³/mol. The van der Waals surface area contributed by atoms with Crippen molar-refractivity contribution < 1.29 is 18.3 Å². The van der Waals surface area contributed by atoms with Gasteiger partial charge in [0.2, 0.25) is 10.9 Å². The Morgan fingerprint density at radius 1 is 1.33 bits per heavy atom. The van der Waals surface area contributed by atoms with Crippen LogP contribution in [0.25, 0.3) is 0 Å². The van der Waals surface area contributed by atoms with Crippen LogP contribution < -0.4 is 4.31 Å². The number of aromatic nitrogens is 2. The zero-order chi connectivity index (χ0) is 13.1. The van der Waals surface area contributed by atoms with E-state index in [0.29, 0.717) is 0 Å². The molecule has 0 atom stereocenters. The summed E-state index contributed by atoms with van der Waals surface area (Å²) in [6, 6.07) is 4.70. The molecule has 18 heavy (non-hydrogen) atoms. The number of thiol groups is 1. The van der Waals surface area contributed by atoms with Crippen molar-refractivity contribution in [2.45, 2.75) is 0 Å². The van der Waals surface area contributed by atoms with E-state index in [1.807, 2.05) is 0 Å². The topological polar surface area (TPSA) is 100 Å². The number of anilines is 2. The van der Waals surface area contributed by atoms with Crippen molar-refractivity contribution >= 4 is 39.0 Å². The molecule has 94 valence electrons. The van der Waals surface area contributed by atoms with Gasteiger partial charge in [-0.15, -0.1) is 11.3 Å². The van der Waals surface area contributed by atoms with Crippen LogP contribution in [-0.4, -0.2) is 29.5 Å². The summed E-state index contributed by atoms with van der Waals surface area (Å²) in [7, 11) is -3.05. The third kappa shape index (κ3) is 2.31. The summed E-state index contributed by atoms with van der Waals surface area (Å²) in [5.74, 6) is -1.16. The van der Waals surface area contributed by atoms with Gasteiger partial charge < -0.3 is 5.11 Å². The number of nitrogens with zero attached hydrogens (tertiary/aromatic N) is 3. The highest BCUT2D eigenvalue weighted by Crippen LogP contribution is 2.30. The summed E-state index contributed by atoms with van der Waals surface area (Å²) in [6.07, 6.45) is 1.42. The quantitative estimate of drug-likeness (QED) is 0.809. The zero-order valence-electron chi connectivity index (χ0n) is 8.76. The molecular weight excluding hydrogens is 278 g/mol. The van der Waals surface area contributed by atoms with E-state index in [4.69, 9.17) is 5.11 Å². The van der Waals surface area contributed by atoms with Crippen LogP contribution in [0, 0.1) is 0 Å². The van der Waals surface area contributed by atoms with Gasteiger partial charge in [-0.25, -0.2) is 27.5 Å². The molecule has 2 heterocycles. The van der Waals surface area contributed by atoms with Crippen LogP contribution >= 0.6 is 11.3 Å². The van der Waals surface area contributed by atoms with Crippen LogP contribution in [0.2, 0.25) is 0 Å². The molecule has 9 heteroatoms. The lowest BCUT2D eigenvalue weighted by Crippen LogP contribution is -2.17. The largest absolute Gasteiger partial charge is 0.476 e. The Labute approximate surface area is 107 Å². The molecule has 0 amide bonds. The van der Waals surface area contributed by atoms with Gasteiger partial charge in [0.05, 0.1) is 5.51 Å². The second-order valence-electron chi connectivity index (χ2n) is 3.05. The average molecular weight is 285 g/mol. The first-order valence-electron chi connectivity index (χ1n) is 4.63. The summed E-state index contributed by atoms with van der Waals surface area (Å²) >= 11 is 0.919. The third-order valence-electron chi connectivity index (χ3n) is 1.97. The predicted octanol–water partition coefficient (Wildman–Crippen LogP) is 0.901. The van der Waals surface area contributed by atoms with Crippen molar-refractivity contribution in [1.82, 2.24) is 9.97 Å². The Kier molecular flexibility index (Phi) is 3.53. The molecule has 0 bridgehead atoms. The highest BCUT2D eigenvalue weighted by atomic mass is 32.2. The van der Waals surface area contributed by atoms with Crippen molar-refractivity contribution in [2.75, 3.05) is 4.31 Å². The minimum Gasteiger partial charge on any atom is -0.476 e. The van der Waals surface area contributed by atoms with Crippen molar-refractivity contribution in [3.8, 4) is 0 Å². The Hall–Kier alpha value is -2.00. The maximum Gasteiger partial charge on any atom is 0.357 e. The zero-order valence-corrected chi connectivity index (χ0v) is 10.5. The summed E-state index contributed by atoms with van der Waals surface area (Å²) in [5, 5.41) is 8.94. The van der Waals surface area contributed by atoms with Crippen LogP contribution in [0.4, 0.5) is 10.8 Å². The number of carboxylic acid groups (broad SMARTS) is 1. The lowest BCUT2D eigenvalue weighted by molar-refractivity contribution is 0.0692. The summed E-state index contributed by atoms with van der Waals surface area (Å²) in [5.41, 5.74) is 0.956. The number of carboxylic acids is 1. The molecule has 0 saturated heterocycles. The molecule has 0 unspecified atom stereocenters. The first-order chi connectivity index (χ1) is 8.61. The standard InChI is InChI=1S/C9H7N3O4S2/c13-9(14)7-8(17-5-11-7)12(18(15)16)6-3-1-2-4-10-6/h1-5,18H,(H,13,14). The van der Waals surface area contributed by atoms with E-state index in [9.17, 15) is 13.2 Å². The Morgan fingerprint density at radius 3 is 2.67 bits per heavy atom. The van der Waals surface area contributed by atoms with Crippen LogP contribution in [0.15, 0.2) is 29.9 Å². The summed E-state index contributed by atoms with van der Waals surface area (Å²) < 4.78 is 23.4. The minimum absolute atomic E-state index is 0.0114. The van der Waals surface area contributed by atoms with Gasteiger partial charge in [-0.3, -0.25) is 0 Å². The van der Waals surface area contributed by atoms with Crippen molar-refractivity contribution in [3.63, 3.8) is 0 Å². The minimum atomic E-state index is -3.05.